The van der Waals surface area contributed by atoms with E-state index in [1.165, 1.54) is 10.1 Å². The summed E-state index contributed by atoms with van der Waals surface area (Å²) < 4.78 is 3.06. The van der Waals surface area contributed by atoms with Crippen LogP contribution in [0.2, 0.25) is 10.1 Å². The van der Waals surface area contributed by atoms with Gasteiger partial charge in [0.05, 0.1) is 0 Å². The molecule has 1 heterocycles. The molecule has 0 nitrogen and oxygen atoms in total. The van der Waals surface area contributed by atoms with Crippen LogP contribution in [0.4, 0.5) is 0 Å². The predicted molar refractivity (Wildman–Crippen MR) is 86.6 cm³/mol. The second-order valence-corrected chi connectivity index (χ2v) is 12.8. The quantitative estimate of drug-likeness (QED) is 0.627. The third kappa shape index (κ3) is 2.70. The first-order valence-electron chi connectivity index (χ1n) is 6.56. The minimum Gasteiger partial charge on any atom is -0.145 e. The van der Waals surface area contributed by atoms with Gasteiger partial charge in [0.25, 0.3) is 0 Å². The molecule has 1 radical (unpaired) electrons. The van der Waals surface area contributed by atoms with Gasteiger partial charge in [-0.2, -0.15) is 0 Å². The van der Waals surface area contributed by atoms with Gasteiger partial charge in [0.15, 0.2) is 0 Å². The zero-order valence-electron chi connectivity index (χ0n) is 12.3. The Morgan fingerprint density at radius 2 is 1.44 bits per heavy atom. The average molecular weight is 276 g/mol. The number of hydrogen-bond acceptors (Lipinski definition) is 1. The molecule has 0 spiro atoms. The first-order chi connectivity index (χ1) is 8.19. The summed E-state index contributed by atoms with van der Waals surface area (Å²) in [5, 5.41) is 2.20. The number of thiophene rings is 1. The molecule has 0 atom stereocenters. The van der Waals surface area contributed by atoms with Gasteiger partial charge >= 0.3 is 0 Å². The summed E-state index contributed by atoms with van der Waals surface area (Å²) in [5.41, 5.74) is 0. The SMILES string of the molecule is CC(C)(C)[Si](c1cc2ccccc2s1)C(C)(C)C. The Morgan fingerprint density at radius 1 is 0.889 bits per heavy atom. The van der Waals surface area contributed by atoms with Gasteiger partial charge in [-0.25, -0.2) is 0 Å². The van der Waals surface area contributed by atoms with Crippen molar-refractivity contribution in [3.8, 4) is 0 Å². The molecule has 0 aliphatic heterocycles. The van der Waals surface area contributed by atoms with Crippen LogP contribution in [0.5, 0.6) is 0 Å². The smallest absolute Gasteiger partial charge is 0.111 e. The highest BCUT2D eigenvalue weighted by atomic mass is 32.1. The minimum absolute atomic E-state index is 0.393. The van der Waals surface area contributed by atoms with Crippen LogP contribution < -0.4 is 4.50 Å². The Labute approximate surface area is 117 Å². The third-order valence-corrected chi connectivity index (χ3v) is 8.66. The highest BCUT2D eigenvalue weighted by Gasteiger charge is 2.39. The zero-order chi connectivity index (χ0) is 13.6. The molecule has 0 N–H and O–H groups in total. The summed E-state index contributed by atoms with van der Waals surface area (Å²) in [6, 6.07) is 11.2. The maximum atomic E-state index is 2.44. The Hall–Kier alpha value is -0.603. The summed E-state index contributed by atoms with van der Waals surface area (Å²) in [7, 11) is -0.596. The van der Waals surface area contributed by atoms with Crippen molar-refractivity contribution in [2.24, 2.45) is 0 Å². The molecule has 1 aromatic heterocycles. The number of hydrogen-bond donors (Lipinski definition) is 0. The Kier molecular flexibility index (Phi) is 3.45. The molecule has 0 unspecified atom stereocenters. The highest BCUT2D eigenvalue weighted by Crippen LogP contribution is 2.42. The van der Waals surface area contributed by atoms with Crippen molar-refractivity contribution in [3.05, 3.63) is 30.3 Å². The molecule has 2 heteroatoms. The summed E-state index contributed by atoms with van der Waals surface area (Å²) >= 11 is 2.00. The van der Waals surface area contributed by atoms with E-state index in [0.717, 1.165) is 0 Å². The second-order valence-electron chi connectivity index (χ2n) is 7.02. The van der Waals surface area contributed by atoms with Crippen LogP contribution in [-0.4, -0.2) is 8.80 Å². The van der Waals surface area contributed by atoms with Crippen molar-refractivity contribution in [1.29, 1.82) is 0 Å². The lowest BCUT2D eigenvalue weighted by Gasteiger charge is -2.38. The van der Waals surface area contributed by atoms with E-state index in [0.29, 0.717) is 10.1 Å². The molecular weight excluding hydrogens is 252 g/mol. The van der Waals surface area contributed by atoms with Gasteiger partial charge in [-0.1, -0.05) is 59.7 Å². The van der Waals surface area contributed by atoms with Crippen molar-refractivity contribution < 1.29 is 0 Å². The van der Waals surface area contributed by atoms with E-state index in [2.05, 4.69) is 71.9 Å². The van der Waals surface area contributed by atoms with Gasteiger partial charge in [0.1, 0.15) is 8.80 Å². The molecule has 0 aliphatic carbocycles. The van der Waals surface area contributed by atoms with Gasteiger partial charge in [-0.3, -0.25) is 0 Å². The molecule has 0 bridgehead atoms. The third-order valence-electron chi connectivity index (χ3n) is 3.17. The van der Waals surface area contributed by atoms with Crippen molar-refractivity contribution in [3.63, 3.8) is 0 Å². The highest BCUT2D eigenvalue weighted by molar-refractivity contribution is 7.29. The standard InChI is InChI=1S/C16H23SSi/c1-15(2,3)18(16(4,5)6)14-11-12-9-7-8-10-13(12)17-14/h7-11H,1-6H3. The van der Waals surface area contributed by atoms with Gasteiger partial charge in [-0.15, -0.1) is 11.3 Å². The maximum absolute atomic E-state index is 2.44. The maximum Gasteiger partial charge on any atom is 0.111 e. The summed E-state index contributed by atoms with van der Waals surface area (Å²) in [5.74, 6) is 0. The van der Waals surface area contributed by atoms with Gasteiger partial charge in [0, 0.05) is 4.70 Å². The van der Waals surface area contributed by atoms with E-state index >= 15 is 0 Å². The van der Waals surface area contributed by atoms with Crippen LogP contribution in [0.3, 0.4) is 0 Å². The average Bonchev–Trinajstić information content (AvgIpc) is 2.54. The van der Waals surface area contributed by atoms with Crippen LogP contribution in [-0.2, 0) is 0 Å². The summed E-state index contributed by atoms with van der Waals surface area (Å²) in [6.07, 6.45) is 0. The van der Waals surface area contributed by atoms with Crippen LogP contribution >= 0.6 is 11.3 Å². The first-order valence-corrected chi connectivity index (χ1v) is 8.88. The fourth-order valence-corrected chi connectivity index (χ4v) is 10.4. The van der Waals surface area contributed by atoms with Crippen molar-refractivity contribution in [2.75, 3.05) is 0 Å². The Bertz CT molecular complexity index is 493. The fourth-order valence-electron chi connectivity index (χ4n) is 2.97. The summed E-state index contributed by atoms with van der Waals surface area (Å²) in [6.45, 7) is 14.4. The van der Waals surface area contributed by atoms with Crippen LogP contribution in [0.25, 0.3) is 10.1 Å². The van der Waals surface area contributed by atoms with E-state index in [1.54, 1.807) is 4.50 Å². The summed E-state index contributed by atoms with van der Waals surface area (Å²) in [4.78, 5) is 0. The van der Waals surface area contributed by atoms with Gasteiger partial charge in [-0.05, 0) is 32.1 Å². The van der Waals surface area contributed by atoms with Crippen LogP contribution in [0.1, 0.15) is 41.5 Å². The van der Waals surface area contributed by atoms with Crippen molar-refractivity contribution >= 4 is 34.7 Å². The Balaban J connectivity index is 2.55. The molecule has 0 aliphatic rings. The van der Waals surface area contributed by atoms with Crippen LogP contribution in [0.15, 0.2) is 30.3 Å². The number of rotatable bonds is 1. The number of fused-ring (bicyclic) bond motifs is 1. The number of benzene rings is 1. The van der Waals surface area contributed by atoms with E-state index in [9.17, 15) is 0 Å². The monoisotopic (exact) mass is 275 g/mol. The zero-order valence-corrected chi connectivity index (χ0v) is 14.1. The molecule has 18 heavy (non-hydrogen) atoms. The first kappa shape index (κ1) is 13.8. The lowest BCUT2D eigenvalue weighted by atomic mass is 10.2. The van der Waals surface area contributed by atoms with Crippen molar-refractivity contribution in [1.82, 2.24) is 0 Å². The molecule has 1 aromatic carbocycles. The molecule has 2 rings (SSSR count). The molecular formula is C16H23SSi. The predicted octanol–water partition coefficient (Wildman–Crippen LogP) is 5.20. The normalized spacial score (nSPS) is 13.5. The molecule has 97 valence electrons. The second kappa shape index (κ2) is 4.50. The van der Waals surface area contributed by atoms with E-state index in [4.69, 9.17) is 0 Å². The Morgan fingerprint density at radius 3 is 1.94 bits per heavy atom. The fraction of sp³-hybridized carbons (Fsp3) is 0.500. The van der Waals surface area contributed by atoms with Gasteiger partial charge < -0.3 is 0 Å². The van der Waals surface area contributed by atoms with Crippen LogP contribution in [0, 0.1) is 0 Å². The largest absolute Gasteiger partial charge is 0.145 e. The minimum atomic E-state index is -0.596. The lowest BCUT2D eigenvalue weighted by molar-refractivity contribution is 0.654. The van der Waals surface area contributed by atoms with Crippen molar-refractivity contribution in [2.45, 2.75) is 51.6 Å². The molecule has 0 saturated carbocycles. The molecule has 2 aromatic rings. The molecule has 0 saturated heterocycles. The lowest BCUT2D eigenvalue weighted by Crippen LogP contribution is -2.44. The topological polar surface area (TPSA) is 0 Å². The van der Waals surface area contributed by atoms with E-state index in [1.807, 2.05) is 11.3 Å². The molecule has 0 fully saturated rings. The van der Waals surface area contributed by atoms with E-state index in [-0.39, 0.29) is 0 Å². The molecule has 0 amide bonds. The van der Waals surface area contributed by atoms with Gasteiger partial charge in [0.2, 0.25) is 0 Å². The van der Waals surface area contributed by atoms with E-state index < -0.39 is 8.80 Å².